The number of rotatable bonds is 4. The number of nitrogens with zero attached hydrogens (tertiary/aromatic N) is 6. The maximum absolute atomic E-state index is 12.8. The molecule has 1 aliphatic rings. The van der Waals surface area contributed by atoms with Gasteiger partial charge in [-0.1, -0.05) is 0 Å². The molecular weight excluding hydrogens is 328 g/mol. The summed E-state index contributed by atoms with van der Waals surface area (Å²) in [5, 5.41) is 12.3. The molecular formula is C15H16N6O2S. The van der Waals surface area contributed by atoms with E-state index in [4.69, 9.17) is 0 Å². The van der Waals surface area contributed by atoms with Gasteiger partial charge in [-0.3, -0.25) is 0 Å². The fourth-order valence-corrected chi connectivity index (χ4v) is 4.37. The van der Waals surface area contributed by atoms with Gasteiger partial charge >= 0.3 is 0 Å². The molecule has 124 valence electrons. The normalized spacial score (nSPS) is 18.9. The summed E-state index contributed by atoms with van der Waals surface area (Å²) in [6.07, 6.45) is 7.40. The number of aromatic nitrogens is 5. The Morgan fingerprint density at radius 3 is 2.42 bits per heavy atom. The SMILES string of the molecule is O=S(=O)(c1ccc(-n2cccn2)cc1)N1CC[C@H](n2nccn2)C1. The summed E-state index contributed by atoms with van der Waals surface area (Å²) in [4.78, 5) is 1.86. The van der Waals surface area contributed by atoms with Crippen molar-refractivity contribution in [1.82, 2.24) is 29.1 Å². The number of hydrogen-bond acceptors (Lipinski definition) is 5. The van der Waals surface area contributed by atoms with Crippen molar-refractivity contribution in [3.05, 3.63) is 55.1 Å². The van der Waals surface area contributed by atoms with Crippen molar-refractivity contribution in [2.24, 2.45) is 0 Å². The van der Waals surface area contributed by atoms with Crippen molar-refractivity contribution >= 4 is 10.0 Å². The first-order valence-corrected chi connectivity index (χ1v) is 9.05. The molecule has 0 radical (unpaired) electrons. The van der Waals surface area contributed by atoms with Gasteiger partial charge in [0.15, 0.2) is 0 Å². The van der Waals surface area contributed by atoms with Crippen LogP contribution in [0.5, 0.6) is 0 Å². The summed E-state index contributed by atoms with van der Waals surface area (Å²) >= 11 is 0. The topological polar surface area (TPSA) is 85.9 Å². The van der Waals surface area contributed by atoms with Crippen LogP contribution < -0.4 is 0 Å². The maximum atomic E-state index is 12.8. The molecule has 0 saturated carbocycles. The maximum Gasteiger partial charge on any atom is 0.243 e. The summed E-state index contributed by atoms with van der Waals surface area (Å²) in [6, 6.07) is 8.54. The van der Waals surface area contributed by atoms with E-state index in [9.17, 15) is 8.42 Å². The molecule has 4 rings (SSSR count). The molecule has 0 unspecified atom stereocenters. The van der Waals surface area contributed by atoms with Crippen LogP contribution in [0.4, 0.5) is 0 Å². The van der Waals surface area contributed by atoms with Gasteiger partial charge in [-0.25, -0.2) is 13.1 Å². The summed E-state index contributed by atoms with van der Waals surface area (Å²) in [5.74, 6) is 0. The van der Waals surface area contributed by atoms with Crippen molar-refractivity contribution in [1.29, 1.82) is 0 Å². The molecule has 1 aromatic carbocycles. The van der Waals surface area contributed by atoms with E-state index in [1.165, 1.54) is 4.31 Å². The molecule has 24 heavy (non-hydrogen) atoms. The average molecular weight is 344 g/mol. The van der Waals surface area contributed by atoms with Crippen molar-refractivity contribution in [2.75, 3.05) is 13.1 Å². The van der Waals surface area contributed by atoms with Gasteiger partial charge in [-0.15, -0.1) is 0 Å². The fourth-order valence-electron chi connectivity index (χ4n) is 2.87. The Bertz CT molecular complexity index is 904. The molecule has 0 amide bonds. The van der Waals surface area contributed by atoms with Crippen LogP contribution in [0.25, 0.3) is 5.69 Å². The third-order valence-electron chi connectivity index (χ3n) is 4.13. The van der Waals surface area contributed by atoms with Gasteiger partial charge in [0.2, 0.25) is 10.0 Å². The highest BCUT2D eigenvalue weighted by molar-refractivity contribution is 7.89. The van der Waals surface area contributed by atoms with Crippen LogP contribution in [0.2, 0.25) is 0 Å². The van der Waals surface area contributed by atoms with Gasteiger partial charge in [0.05, 0.1) is 29.0 Å². The minimum Gasteiger partial charge on any atom is -0.241 e. The van der Waals surface area contributed by atoms with Crippen LogP contribution in [0.15, 0.2) is 60.0 Å². The van der Waals surface area contributed by atoms with Crippen LogP contribution in [-0.4, -0.2) is 50.6 Å². The van der Waals surface area contributed by atoms with Crippen molar-refractivity contribution in [3.63, 3.8) is 0 Å². The van der Waals surface area contributed by atoms with Crippen molar-refractivity contribution in [3.8, 4) is 5.69 Å². The van der Waals surface area contributed by atoms with E-state index < -0.39 is 10.0 Å². The van der Waals surface area contributed by atoms with Gasteiger partial charge in [-0.2, -0.15) is 24.4 Å². The largest absolute Gasteiger partial charge is 0.243 e. The molecule has 0 bridgehead atoms. The van der Waals surface area contributed by atoms with Crippen LogP contribution in [-0.2, 0) is 10.0 Å². The summed E-state index contributed by atoms with van der Waals surface area (Å²) < 4.78 is 28.8. The molecule has 3 heterocycles. The highest BCUT2D eigenvalue weighted by Gasteiger charge is 2.34. The Labute approximate surface area is 139 Å². The predicted molar refractivity (Wildman–Crippen MR) is 86.0 cm³/mol. The lowest BCUT2D eigenvalue weighted by atomic mass is 10.3. The number of sulfonamides is 1. The highest BCUT2D eigenvalue weighted by Crippen LogP contribution is 2.26. The van der Waals surface area contributed by atoms with E-state index in [1.807, 2.05) is 12.3 Å². The molecule has 0 aliphatic carbocycles. The molecule has 1 aliphatic heterocycles. The molecule has 1 fully saturated rings. The summed E-state index contributed by atoms with van der Waals surface area (Å²) in [5.41, 5.74) is 0.819. The molecule has 8 nitrogen and oxygen atoms in total. The Morgan fingerprint density at radius 1 is 1.00 bits per heavy atom. The van der Waals surface area contributed by atoms with E-state index in [1.54, 1.807) is 52.3 Å². The quantitative estimate of drug-likeness (QED) is 0.707. The molecule has 1 atom stereocenters. The lowest BCUT2D eigenvalue weighted by molar-refractivity contribution is 0.402. The van der Waals surface area contributed by atoms with Gasteiger partial charge < -0.3 is 0 Å². The number of hydrogen-bond donors (Lipinski definition) is 0. The van der Waals surface area contributed by atoms with Crippen LogP contribution in [0.3, 0.4) is 0 Å². The molecule has 0 spiro atoms. The first-order chi connectivity index (χ1) is 11.6. The first kappa shape index (κ1) is 15.0. The zero-order valence-electron chi connectivity index (χ0n) is 12.8. The van der Waals surface area contributed by atoms with E-state index in [-0.39, 0.29) is 10.9 Å². The molecule has 1 saturated heterocycles. The summed E-state index contributed by atoms with van der Waals surface area (Å²) in [7, 11) is -3.51. The Kier molecular flexibility index (Phi) is 3.66. The van der Waals surface area contributed by atoms with Crippen molar-refractivity contribution < 1.29 is 8.42 Å². The first-order valence-electron chi connectivity index (χ1n) is 7.60. The lowest BCUT2D eigenvalue weighted by Gasteiger charge is -2.16. The third-order valence-corrected chi connectivity index (χ3v) is 6.01. The second kappa shape index (κ2) is 5.84. The minimum atomic E-state index is -3.51. The molecule has 9 heteroatoms. The van der Waals surface area contributed by atoms with Crippen LogP contribution in [0, 0.1) is 0 Å². The lowest BCUT2D eigenvalue weighted by Crippen LogP contribution is -2.29. The second-order valence-electron chi connectivity index (χ2n) is 5.60. The zero-order valence-corrected chi connectivity index (χ0v) is 13.6. The Hall–Kier alpha value is -2.52. The predicted octanol–water partition coefficient (Wildman–Crippen LogP) is 1.10. The highest BCUT2D eigenvalue weighted by atomic mass is 32.2. The van der Waals surface area contributed by atoms with Gasteiger partial charge in [0, 0.05) is 25.5 Å². The molecule has 3 aromatic rings. The van der Waals surface area contributed by atoms with E-state index in [2.05, 4.69) is 15.3 Å². The van der Waals surface area contributed by atoms with Gasteiger partial charge in [-0.05, 0) is 36.8 Å². The van der Waals surface area contributed by atoms with E-state index in [0.717, 1.165) is 5.69 Å². The van der Waals surface area contributed by atoms with Gasteiger partial charge in [0.25, 0.3) is 0 Å². The van der Waals surface area contributed by atoms with Crippen molar-refractivity contribution in [2.45, 2.75) is 17.4 Å². The molecule has 2 aromatic heterocycles. The van der Waals surface area contributed by atoms with E-state index >= 15 is 0 Å². The standard InChI is InChI=1S/C15H16N6O2S/c22-24(23,19-11-6-14(12-19)21-17-8-9-18-21)15-4-2-13(3-5-15)20-10-1-7-16-20/h1-5,7-10,14H,6,11-12H2/t14-/m0/s1. The van der Waals surface area contributed by atoms with E-state index in [0.29, 0.717) is 19.5 Å². The Morgan fingerprint density at radius 2 is 1.75 bits per heavy atom. The smallest absolute Gasteiger partial charge is 0.241 e. The fraction of sp³-hybridized carbons (Fsp3) is 0.267. The minimum absolute atomic E-state index is 0.0156. The second-order valence-corrected chi connectivity index (χ2v) is 7.54. The average Bonchev–Trinajstić information content (AvgIpc) is 3.36. The monoisotopic (exact) mass is 344 g/mol. The van der Waals surface area contributed by atoms with Crippen LogP contribution in [0.1, 0.15) is 12.5 Å². The summed E-state index contributed by atoms with van der Waals surface area (Å²) in [6.45, 7) is 0.855. The third kappa shape index (κ3) is 2.61. The number of benzene rings is 1. The Balaban J connectivity index is 1.55. The molecule has 0 N–H and O–H groups in total. The van der Waals surface area contributed by atoms with Gasteiger partial charge in [0.1, 0.15) is 0 Å². The zero-order chi connectivity index (χ0) is 16.6. The van der Waals surface area contributed by atoms with Crippen LogP contribution >= 0.6 is 0 Å².